The third kappa shape index (κ3) is 3.42. The third-order valence-corrected chi connectivity index (χ3v) is 2.81. The lowest BCUT2D eigenvalue weighted by Crippen LogP contribution is -2.25. The molecule has 0 heterocycles. The highest BCUT2D eigenvalue weighted by molar-refractivity contribution is 9.10. The van der Waals surface area contributed by atoms with Crippen molar-refractivity contribution in [2.45, 2.75) is 26.7 Å². The Balaban J connectivity index is 2.93. The number of hydrogen-bond donors (Lipinski definition) is 1. The van der Waals surface area contributed by atoms with E-state index in [2.05, 4.69) is 40.7 Å². The van der Waals surface area contributed by atoms with E-state index in [1.54, 1.807) is 0 Å². The fraction of sp³-hybridized carbons (Fsp3) is 0.500. The highest BCUT2D eigenvalue weighted by Gasteiger charge is 2.08. The molecule has 0 aliphatic heterocycles. The van der Waals surface area contributed by atoms with E-state index >= 15 is 0 Å². The molecule has 0 atom stereocenters. The largest absolute Gasteiger partial charge is 0.397 e. The van der Waals surface area contributed by atoms with Crippen molar-refractivity contribution in [3.63, 3.8) is 0 Å². The number of hydrogen-bond acceptors (Lipinski definition) is 2. The van der Waals surface area contributed by atoms with Gasteiger partial charge < -0.3 is 10.6 Å². The summed E-state index contributed by atoms with van der Waals surface area (Å²) < 4.78 is 1.09. The van der Waals surface area contributed by atoms with Gasteiger partial charge in [-0.25, -0.2) is 0 Å². The smallest absolute Gasteiger partial charge is 0.0611 e. The van der Waals surface area contributed by atoms with Gasteiger partial charge in [0.15, 0.2) is 0 Å². The quantitative estimate of drug-likeness (QED) is 0.828. The second kappa shape index (κ2) is 6.01. The van der Waals surface area contributed by atoms with E-state index in [0.29, 0.717) is 0 Å². The van der Waals surface area contributed by atoms with Gasteiger partial charge in [-0.2, -0.15) is 0 Å². The Bertz CT molecular complexity index is 306. The lowest BCUT2D eigenvalue weighted by molar-refractivity contribution is 0.746. The van der Waals surface area contributed by atoms with Crippen molar-refractivity contribution >= 4 is 27.3 Å². The minimum Gasteiger partial charge on any atom is -0.397 e. The number of nitrogens with zero attached hydrogens (tertiary/aromatic N) is 1. The molecule has 0 bridgehead atoms. The zero-order chi connectivity index (χ0) is 11.3. The van der Waals surface area contributed by atoms with Gasteiger partial charge >= 0.3 is 0 Å². The average molecular weight is 271 g/mol. The first-order valence-electron chi connectivity index (χ1n) is 5.49. The van der Waals surface area contributed by atoms with Crippen LogP contribution in [0.1, 0.15) is 26.7 Å². The summed E-state index contributed by atoms with van der Waals surface area (Å²) in [5.41, 5.74) is 8.00. The van der Waals surface area contributed by atoms with Crippen LogP contribution in [0.25, 0.3) is 0 Å². The predicted octanol–water partition coefficient (Wildman–Crippen LogP) is 3.66. The van der Waals surface area contributed by atoms with Crippen LogP contribution in [0.4, 0.5) is 11.4 Å². The molecule has 0 radical (unpaired) electrons. The van der Waals surface area contributed by atoms with Crippen LogP contribution < -0.4 is 10.6 Å². The molecular weight excluding hydrogens is 252 g/mol. The molecule has 3 heteroatoms. The summed E-state index contributed by atoms with van der Waals surface area (Å²) in [6, 6.07) is 6.04. The van der Waals surface area contributed by atoms with Crippen molar-refractivity contribution in [2.24, 2.45) is 0 Å². The molecule has 0 spiro atoms. The molecule has 2 N–H and O–H groups in total. The monoisotopic (exact) mass is 270 g/mol. The summed E-state index contributed by atoms with van der Waals surface area (Å²) in [6.45, 7) is 6.51. The van der Waals surface area contributed by atoms with Crippen molar-refractivity contribution in [1.82, 2.24) is 0 Å². The highest BCUT2D eigenvalue weighted by Crippen LogP contribution is 2.27. The molecule has 1 aromatic carbocycles. The van der Waals surface area contributed by atoms with Gasteiger partial charge in [0.05, 0.1) is 11.4 Å². The molecule has 84 valence electrons. The molecule has 0 fully saturated rings. The fourth-order valence-corrected chi connectivity index (χ4v) is 2.03. The van der Waals surface area contributed by atoms with E-state index in [0.717, 1.165) is 41.8 Å². The van der Waals surface area contributed by atoms with Crippen LogP contribution in [0.5, 0.6) is 0 Å². The van der Waals surface area contributed by atoms with Gasteiger partial charge in [0.2, 0.25) is 0 Å². The van der Waals surface area contributed by atoms with Gasteiger partial charge in [-0.1, -0.05) is 29.8 Å². The normalized spacial score (nSPS) is 10.3. The number of anilines is 2. The molecule has 0 saturated carbocycles. The van der Waals surface area contributed by atoms with Crippen LogP contribution in [0.2, 0.25) is 0 Å². The summed E-state index contributed by atoms with van der Waals surface area (Å²) >= 11 is 3.48. The molecule has 0 amide bonds. The van der Waals surface area contributed by atoms with E-state index in [-0.39, 0.29) is 0 Å². The number of benzene rings is 1. The number of nitrogens with two attached hydrogens (primary N) is 1. The van der Waals surface area contributed by atoms with E-state index < -0.39 is 0 Å². The maximum absolute atomic E-state index is 5.99. The molecule has 1 aromatic rings. The minimum absolute atomic E-state index is 0.861. The molecule has 15 heavy (non-hydrogen) atoms. The Labute approximate surface area is 101 Å². The number of halogens is 1. The average Bonchev–Trinajstić information content (AvgIpc) is 2.21. The van der Waals surface area contributed by atoms with Crippen molar-refractivity contribution in [2.75, 3.05) is 23.7 Å². The maximum Gasteiger partial charge on any atom is 0.0611 e. The lowest BCUT2D eigenvalue weighted by atomic mass is 10.2. The first-order valence-corrected chi connectivity index (χ1v) is 6.28. The van der Waals surface area contributed by atoms with E-state index in [1.165, 1.54) is 0 Å². The molecule has 0 unspecified atom stereocenters. The molecule has 0 aromatic heterocycles. The summed E-state index contributed by atoms with van der Waals surface area (Å²) in [4.78, 5) is 2.35. The maximum atomic E-state index is 5.99. The van der Waals surface area contributed by atoms with Gasteiger partial charge in [-0.15, -0.1) is 0 Å². The van der Waals surface area contributed by atoms with E-state index in [9.17, 15) is 0 Å². The second-order valence-electron chi connectivity index (χ2n) is 3.69. The Morgan fingerprint density at radius 2 is 1.80 bits per heavy atom. The Morgan fingerprint density at radius 1 is 1.20 bits per heavy atom. The van der Waals surface area contributed by atoms with Crippen molar-refractivity contribution in [1.29, 1.82) is 0 Å². The van der Waals surface area contributed by atoms with Crippen LogP contribution in [0.15, 0.2) is 22.7 Å². The van der Waals surface area contributed by atoms with Gasteiger partial charge in [-0.05, 0) is 31.0 Å². The first kappa shape index (κ1) is 12.4. The molecule has 2 nitrogen and oxygen atoms in total. The lowest BCUT2D eigenvalue weighted by Gasteiger charge is -2.25. The van der Waals surface area contributed by atoms with E-state index in [1.807, 2.05) is 12.1 Å². The van der Waals surface area contributed by atoms with Crippen LogP contribution in [-0.4, -0.2) is 13.1 Å². The van der Waals surface area contributed by atoms with Crippen molar-refractivity contribution in [3.8, 4) is 0 Å². The molecule has 0 saturated heterocycles. The molecular formula is C12H19BrN2. The topological polar surface area (TPSA) is 29.3 Å². The number of nitrogen functional groups attached to an aromatic ring is 1. The zero-order valence-corrected chi connectivity index (χ0v) is 11.0. The highest BCUT2D eigenvalue weighted by atomic mass is 79.9. The molecule has 0 aliphatic carbocycles. The van der Waals surface area contributed by atoms with Gasteiger partial charge in [-0.3, -0.25) is 0 Å². The third-order valence-electron chi connectivity index (χ3n) is 2.32. The van der Waals surface area contributed by atoms with Crippen LogP contribution in [-0.2, 0) is 0 Å². The Hall–Kier alpha value is -0.700. The summed E-state index contributed by atoms with van der Waals surface area (Å²) in [5, 5.41) is 0. The SMILES string of the molecule is CCCN(CCC)c1cc(Br)ccc1N. The predicted molar refractivity (Wildman–Crippen MR) is 71.3 cm³/mol. The summed E-state index contributed by atoms with van der Waals surface area (Å²) in [7, 11) is 0. The Kier molecular flexibility index (Phi) is 4.95. The number of rotatable bonds is 5. The van der Waals surface area contributed by atoms with Gasteiger partial charge in [0.1, 0.15) is 0 Å². The van der Waals surface area contributed by atoms with E-state index in [4.69, 9.17) is 5.73 Å². The van der Waals surface area contributed by atoms with Crippen LogP contribution in [0, 0.1) is 0 Å². The standard InChI is InChI=1S/C12H19BrN2/c1-3-7-15(8-4-2)12-9-10(13)5-6-11(12)14/h5-6,9H,3-4,7-8,14H2,1-2H3. The minimum atomic E-state index is 0.861. The van der Waals surface area contributed by atoms with Gasteiger partial charge in [0.25, 0.3) is 0 Å². The summed E-state index contributed by atoms with van der Waals surface area (Å²) in [5.74, 6) is 0. The van der Waals surface area contributed by atoms with Crippen molar-refractivity contribution in [3.05, 3.63) is 22.7 Å². The molecule has 0 aliphatic rings. The summed E-state index contributed by atoms with van der Waals surface area (Å²) in [6.07, 6.45) is 2.29. The van der Waals surface area contributed by atoms with Gasteiger partial charge in [0, 0.05) is 17.6 Å². The second-order valence-corrected chi connectivity index (χ2v) is 4.61. The molecule has 1 rings (SSSR count). The Morgan fingerprint density at radius 3 is 2.33 bits per heavy atom. The van der Waals surface area contributed by atoms with Crippen LogP contribution >= 0.6 is 15.9 Å². The first-order chi connectivity index (χ1) is 7.19. The fourth-order valence-electron chi connectivity index (χ4n) is 1.68. The zero-order valence-electron chi connectivity index (χ0n) is 9.46. The van der Waals surface area contributed by atoms with Crippen LogP contribution in [0.3, 0.4) is 0 Å². The van der Waals surface area contributed by atoms with Crippen molar-refractivity contribution < 1.29 is 0 Å².